The van der Waals surface area contributed by atoms with Crippen LogP contribution in [0.2, 0.25) is 0 Å². The molecular formula is C17H22N6O2S. The van der Waals surface area contributed by atoms with E-state index in [4.69, 9.17) is 0 Å². The van der Waals surface area contributed by atoms with Crippen LogP contribution in [0.3, 0.4) is 0 Å². The third kappa shape index (κ3) is 3.77. The first-order valence-electron chi connectivity index (χ1n) is 8.84. The van der Waals surface area contributed by atoms with Crippen molar-refractivity contribution in [3.63, 3.8) is 0 Å². The van der Waals surface area contributed by atoms with E-state index in [9.17, 15) is 8.42 Å². The average Bonchev–Trinajstić information content (AvgIpc) is 2.61. The van der Waals surface area contributed by atoms with Gasteiger partial charge < -0.3 is 10.2 Å². The number of piperidine rings is 1. The van der Waals surface area contributed by atoms with E-state index in [2.05, 4.69) is 30.4 Å². The van der Waals surface area contributed by atoms with Gasteiger partial charge in [0, 0.05) is 37.3 Å². The number of nitrogens with one attached hydrogen (secondary N) is 1. The standard InChI is InChI=1S/C17H22N6O2S/c1-12-8-16(19-11-18-12)20-14-2-5-23(6-3-14)17-9-13-10-26(24,25)7-4-15(13)21-22-17/h8-9,11,14H,2-7,10H2,1H3,(H,18,19,20). The highest BCUT2D eigenvalue weighted by molar-refractivity contribution is 7.90. The van der Waals surface area contributed by atoms with Gasteiger partial charge in [0.2, 0.25) is 0 Å². The molecule has 4 heterocycles. The Balaban J connectivity index is 1.40. The maximum Gasteiger partial charge on any atom is 0.154 e. The summed E-state index contributed by atoms with van der Waals surface area (Å²) in [6, 6.07) is 4.20. The van der Waals surface area contributed by atoms with Crippen LogP contribution in [0.5, 0.6) is 0 Å². The summed E-state index contributed by atoms with van der Waals surface area (Å²) in [6.45, 7) is 3.65. The van der Waals surface area contributed by atoms with Crippen LogP contribution in [-0.4, -0.2) is 53.5 Å². The zero-order valence-corrected chi connectivity index (χ0v) is 15.5. The topological polar surface area (TPSA) is 101 Å². The van der Waals surface area contributed by atoms with Gasteiger partial charge in [-0.1, -0.05) is 0 Å². The number of fused-ring (bicyclic) bond motifs is 1. The lowest BCUT2D eigenvalue weighted by atomic mass is 10.0. The van der Waals surface area contributed by atoms with E-state index < -0.39 is 9.84 Å². The minimum absolute atomic E-state index is 0.0793. The molecule has 0 spiro atoms. The van der Waals surface area contributed by atoms with Crippen molar-refractivity contribution in [2.75, 3.05) is 29.1 Å². The molecule has 0 unspecified atom stereocenters. The van der Waals surface area contributed by atoms with Crippen molar-refractivity contribution in [2.24, 2.45) is 0 Å². The van der Waals surface area contributed by atoms with Gasteiger partial charge >= 0.3 is 0 Å². The lowest BCUT2D eigenvalue weighted by molar-refractivity contribution is 0.520. The number of hydrogen-bond donors (Lipinski definition) is 1. The van der Waals surface area contributed by atoms with Gasteiger partial charge in [-0.2, -0.15) is 5.10 Å². The summed E-state index contributed by atoms with van der Waals surface area (Å²) in [5.74, 6) is 1.88. The third-order valence-corrected chi connectivity index (χ3v) is 6.52. The summed E-state index contributed by atoms with van der Waals surface area (Å²) in [7, 11) is -3.00. The van der Waals surface area contributed by atoms with Crippen molar-refractivity contribution in [1.82, 2.24) is 20.2 Å². The van der Waals surface area contributed by atoms with Crippen LogP contribution >= 0.6 is 0 Å². The zero-order valence-electron chi connectivity index (χ0n) is 14.7. The number of rotatable bonds is 3. The second-order valence-corrected chi connectivity index (χ2v) is 9.15. The molecule has 8 nitrogen and oxygen atoms in total. The molecule has 1 saturated heterocycles. The van der Waals surface area contributed by atoms with Crippen molar-refractivity contribution in [3.8, 4) is 0 Å². The Morgan fingerprint density at radius 2 is 1.96 bits per heavy atom. The molecule has 0 aromatic carbocycles. The summed E-state index contributed by atoms with van der Waals surface area (Å²) in [5.41, 5.74) is 2.57. The van der Waals surface area contributed by atoms with E-state index >= 15 is 0 Å². The Hall–Kier alpha value is -2.29. The number of anilines is 2. The molecule has 2 aromatic rings. The summed E-state index contributed by atoms with van der Waals surface area (Å²) >= 11 is 0. The molecule has 0 bridgehead atoms. The first-order valence-corrected chi connectivity index (χ1v) is 10.7. The fourth-order valence-electron chi connectivity index (χ4n) is 3.49. The van der Waals surface area contributed by atoms with Crippen molar-refractivity contribution < 1.29 is 8.42 Å². The van der Waals surface area contributed by atoms with Crippen molar-refractivity contribution in [1.29, 1.82) is 0 Å². The van der Waals surface area contributed by atoms with E-state index in [1.807, 2.05) is 19.1 Å². The van der Waals surface area contributed by atoms with Gasteiger partial charge in [-0.15, -0.1) is 5.10 Å². The van der Waals surface area contributed by atoms with Crippen LogP contribution in [0.25, 0.3) is 0 Å². The Kier molecular flexibility index (Phi) is 4.47. The minimum Gasteiger partial charge on any atom is -0.367 e. The normalized spacial score (nSPS) is 19.8. The third-order valence-electron chi connectivity index (χ3n) is 4.95. The van der Waals surface area contributed by atoms with Crippen molar-refractivity contribution in [3.05, 3.63) is 35.4 Å². The molecule has 1 N–H and O–H groups in total. The molecule has 2 aliphatic rings. The highest BCUT2D eigenvalue weighted by atomic mass is 32.2. The number of hydrogen-bond acceptors (Lipinski definition) is 8. The minimum atomic E-state index is -3.00. The molecule has 0 amide bonds. The fraction of sp³-hybridized carbons (Fsp3) is 0.529. The van der Waals surface area contributed by atoms with Gasteiger partial charge in [0.15, 0.2) is 15.7 Å². The zero-order chi connectivity index (χ0) is 18.1. The first kappa shape index (κ1) is 17.1. The molecule has 0 aliphatic carbocycles. The molecule has 26 heavy (non-hydrogen) atoms. The molecule has 2 aliphatic heterocycles. The van der Waals surface area contributed by atoms with Crippen LogP contribution in [0, 0.1) is 6.92 Å². The van der Waals surface area contributed by atoms with E-state index in [1.54, 1.807) is 6.33 Å². The molecule has 138 valence electrons. The summed E-state index contributed by atoms with van der Waals surface area (Å²) < 4.78 is 23.7. The van der Waals surface area contributed by atoms with Crippen molar-refractivity contribution in [2.45, 2.75) is 38.0 Å². The highest BCUT2D eigenvalue weighted by Gasteiger charge is 2.26. The molecule has 4 rings (SSSR count). The second kappa shape index (κ2) is 6.79. The van der Waals surface area contributed by atoms with Crippen LogP contribution in [-0.2, 0) is 22.0 Å². The Morgan fingerprint density at radius 1 is 1.15 bits per heavy atom. The quantitative estimate of drug-likeness (QED) is 0.853. The molecule has 0 atom stereocenters. The van der Waals surface area contributed by atoms with Crippen LogP contribution < -0.4 is 10.2 Å². The predicted octanol–water partition coefficient (Wildman–Crippen LogP) is 1.13. The average molecular weight is 374 g/mol. The van der Waals surface area contributed by atoms with Gasteiger partial charge in [-0.25, -0.2) is 18.4 Å². The van der Waals surface area contributed by atoms with Crippen LogP contribution in [0.15, 0.2) is 18.5 Å². The summed E-state index contributed by atoms with van der Waals surface area (Å²) in [4.78, 5) is 10.5. The Morgan fingerprint density at radius 3 is 2.73 bits per heavy atom. The summed E-state index contributed by atoms with van der Waals surface area (Å²) in [5, 5.41) is 12.1. The Bertz CT molecular complexity index is 909. The van der Waals surface area contributed by atoms with Gasteiger partial charge in [0.25, 0.3) is 0 Å². The van der Waals surface area contributed by atoms with Gasteiger partial charge in [0.05, 0.1) is 17.2 Å². The Labute approximate surface area is 153 Å². The largest absolute Gasteiger partial charge is 0.367 e. The van der Waals surface area contributed by atoms with Crippen LogP contribution in [0.4, 0.5) is 11.6 Å². The predicted molar refractivity (Wildman–Crippen MR) is 98.9 cm³/mol. The first-order chi connectivity index (χ1) is 12.5. The maximum absolute atomic E-state index is 11.9. The molecule has 2 aromatic heterocycles. The molecular weight excluding hydrogens is 352 g/mol. The molecule has 9 heteroatoms. The number of aryl methyl sites for hydroxylation is 2. The van der Waals surface area contributed by atoms with Gasteiger partial charge in [-0.3, -0.25) is 0 Å². The van der Waals surface area contributed by atoms with E-state index in [0.29, 0.717) is 12.5 Å². The second-order valence-electron chi connectivity index (χ2n) is 6.97. The number of aromatic nitrogens is 4. The fourth-order valence-corrected chi connectivity index (χ4v) is 4.86. The van der Waals surface area contributed by atoms with E-state index in [-0.39, 0.29) is 11.5 Å². The SMILES string of the molecule is Cc1cc(NC2CCN(c3cc4c(nn3)CCS(=O)(=O)C4)CC2)ncn1. The number of sulfone groups is 1. The molecule has 0 saturated carbocycles. The van der Waals surface area contributed by atoms with Crippen molar-refractivity contribution >= 4 is 21.5 Å². The van der Waals surface area contributed by atoms with Gasteiger partial charge in [0.1, 0.15) is 12.1 Å². The maximum atomic E-state index is 11.9. The monoisotopic (exact) mass is 374 g/mol. The van der Waals surface area contributed by atoms with Crippen LogP contribution in [0.1, 0.15) is 29.8 Å². The van der Waals surface area contributed by atoms with Gasteiger partial charge in [-0.05, 0) is 31.4 Å². The molecule has 0 radical (unpaired) electrons. The number of nitrogens with zero attached hydrogens (tertiary/aromatic N) is 5. The van der Waals surface area contributed by atoms with E-state index in [0.717, 1.165) is 54.5 Å². The molecule has 1 fully saturated rings. The summed E-state index contributed by atoms with van der Waals surface area (Å²) in [6.07, 6.45) is 3.96. The van der Waals surface area contributed by atoms with E-state index in [1.165, 1.54) is 0 Å². The highest BCUT2D eigenvalue weighted by Crippen LogP contribution is 2.24. The smallest absolute Gasteiger partial charge is 0.154 e. The lowest BCUT2D eigenvalue weighted by Gasteiger charge is -2.33. The lowest BCUT2D eigenvalue weighted by Crippen LogP contribution is -2.40.